The van der Waals surface area contributed by atoms with Crippen LogP contribution in [-0.4, -0.2) is 10.2 Å². The third-order valence-corrected chi connectivity index (χ3v) is 3.62. The molecule has 0 saturated heterocycles. The van der Waals surface area contributed by atoms with Crippen molar-refractivity contribution < 1.29 is 10.2 Å². The first-order chi connectivity index (χ1) is 9.24. The van der Waals surface area contributed by atoms with E-state index in [4.69, 9.17) is 0 Å². The molecule has 1 aromatic carbocycles. The highest BCUT2D eigenvalue weighted by Crippen LogP contribution is 2.24. The second-order valence-corrected chi connectivity index (χ2v) is 5.39. The topological polar surface area (TPSA) is 40.5 Å². The zero-order valence-corrected chi connectivity index (χ0v) is 12.2. The van der Waals surface area contributed by atoms with Crippen molar-refractivity contribution in [3.8, 4) is 11.5 Å². The summed E-state index contributed by atoms with van der Waals surface area (Å²) in [6.45, 7) is 2.25. The Hall–Kier alpha value is -1.18. The van der Waals surface area contributed by atoms with E-state index in [0.29, 0.717) is 0 Å². The lowest BCUT2D eigenvalue weighted by atomic mass is 10.0. The maximum atomic E-state index is 9.65. The van der Waals surface area contributed by atoms with Crippen molar-refractivity contribution in [1.82, 2.24) is 0 Å². The van der Waals surface area contributed by atoms with Gasteiger partial charge in [0.05, 0.1) is 0 Å². The molecule has 0 aliphatic rings. The number of hydrogen-bond acceptors (Lipinski definition) is 2. The van der Waals surface area contributed by atoms with Crippen molar-refractivity contribution in [2.24, 2.45) is 0 Å². The quantitative estimate of drug-likeness (QED) is 0.572. The number of benzene rings is 1. The van der Waals surface area contributed by atoms with Gasteiger partial charge in [-0.15, -0.1) is 0 Å². The van der Waals surface area contributed by atoms with E-state index < -0.39 is 0 Å². The number of aryl methyl sites for hydroxylation is 1. The maximum absolute atomic E-state index is 9.65. The SMILES string of the molecule is CCCCCCCCCCCc1ccc(O)cc1O. The van der Waals surface area contributed by atoms with E-state index in [9.17, 15) is 10.2 Å². The number of rotatable bonds is 10. The second-order valence-electron chi connectivity index (χ2n) is 5.39. The van der Waals surface area contributed by atoms with Crippen LogP contribution in [0.15, 0.2) is 18.2 Å². The molecule has 2 nitrogen and oxygen atoms in total. The van der Waals surface area contributed by atoms with Gasteiger partial charge in [0.2, 0.25) is 0 Å². The molecule has 0 amide bonds. The summed E-state index contributed by atoms with van der Waals surface area (Å²) in [6, 6.07) is 4.88. The summed E-state index contributed by atoms with van der Waals surface area (Å²) in [5.41, 5.74) is 0.945. The molecule has 1 rings (SSSR count). The van der Waals surface area contributed by atoms with E-state index in [0.717, 1.165) is 18.4 Å². The van der Waals surface area contributed by atoms with Gasteiger partial charge in [-0.3, -0.25) is 0 Å². The van der Waals surface area contributed by atoms with Crippen molar-refractivity contribution in [2.45, 2.75) is 71.1 Å². The van der Waals surface area contributed by atoms with Crippen molar-refractivity contribution in [3.05, 3.63) is 23.8 Å². The molecule has 108 valence electrons. The van der Waals surface area contributed by atoms with Gasteiger partial charge >= 0.3 is 0 Å². The predicted octanol–water partition coefficient (Wildman–Crippen LogP) is 5.17. The molecule has 19 heavy (non-hydrogen) atoms. The second kappa shape index (κ2) is 9.71. The predicted molar refractivity (Wildman–Crippen MR) is 80.7 cm³/mol. The van der Waals surface area contributed by atoms with Crippen LogP contribution in [0.2, 0.25) is 0 Å². The Morgan fingerprint density at radius 1 is 0.789 bits per heavy atom. The summed E-state index contributed by atoms with van der Waals surface area (Å²) in [4.78, 5) is 0. The van der Waals surface area contributed by atoms with Crippen molar-refractivity contribution >= 4 is 0 Å². The number of phenols is 2. The van der Waals surface area contributed by atoms with Crippen LogP contribution in [-0.2, 0) is 6.42 Å². The molecular formula is C17H28O2. The summed E-state index contributed by atoms with van der Waals surface area (Å²) in [5.74, 6) is 0.355. The van der Waals surface area contributed by atoms with E-state index in [1.165, 1.54) is 57.4 Å². The molecule has 0 spiro atoms. The fourth-order valence-corrected chi connectivity index (χ4v) is 2.39. The number of aromatic hydroxyl groups is 2. The fraction of sp³-hybridized carbons (Fsp3) is 0.647. The Bertz CT molecular complexity index is 347. The summed E-state index contributed by atoms with van der Waals surface area (Å²) >= 11 is 0. The van der Waals surface area contributed by atoms with Gasteiger partial charge in [0.15, 0.2) is 0 Å². The lowest BCUT2D eigenvalue weighted by Gasteiger charge is -2.05. The average molecular weight is 264 g/mol. The van der Waals surface area contributed by atoms with Crippen LogP contribution in [0.5, 0.6) is 11.5 Å². The standard InChI is InChI=1S/C17H28O2/c1-2-3-4-5-6-7-8-9-10-11-15-12-13-16(18)14-17(15)19/h12-14,18-19H,2-11H2,1H3. The van der Waals surface area contributed by atoms with Gasteiger partial charge in [-0.25, -0.2) is 0 Å². The summed E-state index contributed by atoms with van der Waals surface area (Å²) < 4.78 is 0. The van der Waals surface area contributed by atoms with Crippen molar-refractivity contribution in [3.63, 3.8) is 0 Å². The molecule has 0 atom stereocenters. The van der Waals surface area contributed by atoms with E-state index in [1.54, 1.807) is 6.07 Å². The highest BCUT2D eigenvalue weighted by Gasteiger charge is 2.01. The van der Waals surface area contributed by atoms with Gasteiger partial charge in [0.1, 0.15) is 11.5 Å². The Balaban J connectivity index is 2.01. The maximum Gasteiger partial charge on any atom is 0.122 e. The van der Waals surface area contributed by atoms with Gasteiger partial charge in [-0.2, -0.15) is 0 Å². The minimum Gasteiger partial charge on any atom is -0.508 e. The number of unbranched alkanes of at least 4 members (excludes halogenated alkanes) is 8. The smallest absolute Gasteiger partial charge is 0.122 e. The van der Waals surface area contributed by atoms with Crippen LogP contribution in [0.3, 0.4) is 0 Å². The van der Waals surface area contributed by atoms with Gasteiger partial charge in [0, 0.05) is 6.07 Å². The molecule has 0 aliphatic carbocycles. The molecule has 2 heteroatoms. The van der Waals surface area contributed by atoms with Crippen molar-refractivity contribution in [1.29, 1.82) is 0 Å². The summed E-state index contributed by atoms with van der Waals surface area (Å²) in [7, 11) is 0. The lowest BCUT2D eigenvalue weighted by Crippen LogP contribution is -1.87. The third kappa shape index (κ3) is 7.09. The largest absolute Gasteiger partial charge is 0.508 e. The van der Waals surface area contributed by atoms with Crippen LogP contribution in [0, 0.1) is 0 Å². The Labute approximate surface area is 117 Å². The van der Waals surface area contributed by atoms with Gasteiger partial charge in [-0.05, 0) is 24.5 Å². The molecule has 0 bridgehead atoms. The van der Waals surface area contributed by atoms with Crippen LogP contribution in [0.25, 0.3) is 0 Å². The molecule has 0 unspecified atom stereocenters. The van der Waals surface area contributed by atoms with Crippen LogP contribution >= 0.6 is 0 Å². The molecule has 1 aromatic rings. The molecule has 0 saturated carbocycles. The molecule has 0 fully saturated rings. The fourth-order valence-electron chi connectivity index (χ4n) is 2.39. The van der Waals surface area contributed by atoms with Crippen LogP contribution < -0.4 is 0 Å². The van der Waals surface area contributed by atoms with E-state index in [-0.39, 0.29) is 11.5 Å². The first-order valence-electron chi connectivity index (χ1n) is 7.75. The van der Waals surface area contributed by atoms with Crippen LogP contribution in [0.1, 0.15) is 70.3 Å². The first-order valence-corrected chi connectivity index (χ1v) is 7.75. The normalized spacial score (nSPS) is 10.8. The third-order valence-electron chi connectivity index (χ3n) is 3.62. The lowest BCUT2D eigenvalue weighted by molar-refractivity contribution is 0.444. The number of hydrogen-bond donors (Lipinski definition) is 2. The monoisotopic (exact) mass is 264 g/mol. The zero-order chi connectivity index (χ0) is 13.9. The molecule has 0 heterocycles. The minimum absolute atomic E-state index is 0.133. The zero-order valence-electron chi connectivity index (χ0n) is 12.2. The van der Waals surface area contributed by atoms with Gasteiger partial charge in [0.25, 0.3) is 0 Å². The Morgan fingerprint density at radius 2 is 1.37 bits per heavy atom. The molecule has 0 radical (unpaired) electrons. The summed E-state index contributed by atoms with van der Waals surface area (Å²) in [5, 5.41) is 18.9. The molecule has 0 aliphatic heterocycles. The highest BCUT2D eigenvalue weighted by atomic mass is 16.3. The molecule has 0 aromatic heterocycles. The Kier molecular flexibility index (Phi) is 8.11. The minimum atomic E-state index is 0.133. The first kappa shape index (κ1) is 15.9. The van der Waals surface area contributed by atoms with Crippen LogP contribution in [0.4, 0.5) is 0 Å². The van der Waals surface area contributed by atoms with E-state index >= 15 is 0 Å². The van der Waals surface area contributed by atoms with E-state index in [2.05, 4.69) is 6.92 Å². The summed E-state index contributed by atoms with van der Waals surface area (Å²) in [6.07, 6.45) is 12.7. The Morgan fingerprint density at radius 3 is 1.95 bits per heavy atom. The van der Waals surface area contributed by atoms with Gasteiger partial charge in [-0.1, -0.05) is 64.4 Å². The average Bonchev–Trinajstić information content (AvgIpc) is 2.39. The number of phenolic OH excluding ortho intramolecular Hbond substituents is 2. The molecular weight excluding hydrogens is 236 g/mol. The van der Waals surface area contributed by atoms with E-state index in [1.807, 2.05) is 6.07 Å². The van der Waals surface area contributed by atoms with Crippen molar-refractivity contribution in [2.75, 3.05) is 0 Å². The molecule has 2 N–H and O–H groups in total. The highest BCUT2D eigenvalue weighted by molar-refractivity contribution is 5.38. The van der Waals surface area contributed by atoms with Gasteiger partial charge < -0.3 is 10.2 Å².